The Morgan fingerprint density at radius 3 is 2.57 bits per heavy atom. The van der Waals surface area contributed by atoms with E-state index >= 15 is 0 Å². The molecular weight excluding hydrogens is 455 g/mol. The number of hydrogen-bond donors (Lipinski definition) is 4. The molecule has 2 aliphatic rings. The van der Waals surface area contributed by atoms with Crippen LogP contribution in [0.15, 0.2) is 24.3 Å². The molecule has 0 spiro atoms. The Hall–Kier alpha value is -3.01. The predicted octanol–water partition coefficient (Wildman–Crippen LogP) is 0.790. The highest BCUT2D eigenvalue weighted by Gasteiger charge is 2.43. The number of halogens is 1. The largest absolute Gasteiger partial charge is 0.396 e. The van der Waals surface area contributed by atoms with Gasteiger partial charge in [0.2, 0.25) is 23.6 Å². The van der Waals surface area contributed by atoms with Crippen LogP contribution in [-0.4, -0.2) is 70.5 Å². The Balaban J connectivity index is 1.95. The van der Waals surface area contributed by atoms with Gasteiger partial charge in [-0.2, -0.15) is 0 Å². The third-order valence-electron chi connectivity index (χ3n) is 6.91. The smallest absolute Gasteiger partial charge is 0.246 e. The maximum absolute atomic E-state index is 13.8. The van der Waals surface area contributed by atoms with Crippen molar-refractivity contribution in [3.63, 3.8) is 0 Å². The summed E-state index contributed by atoms with van der Waals surface area (Å²) in [6.07, 6.45) is 2.62. The van der Waals surface area contributed by atoms with Gasteiger partial charge in [0.1, 0.15) is 29.5 Å². The van der Waals surface area contributed by atoms with Gasteiger partial charge < -0.3 is 26.0 Å². The molecule has 1 aromatic rings. The number of rotatable bonds is 7. The Morgan fingerprint density at radius 1 is 1.11 bits per heavy atom. The Morgan fingerprint density at radius 2 is 1.89 bits per heavy atom. The van der Waals surface area contributed by atoms with Gasteiger partial charge in [-0.25, -0.2) is 4.39 Å². The zero-order chi connectivity index (χ0) is 25.6. The van der Waals surface area contributed by atoms with Crippen molar-refractivity contribution in [1.29, 1.82) is 0 Å². The van der Waals surface area contributed by atoms with Gasteiger partial charge in [-0.1, -0.05) is 19.1 Å². The van der Waals surface area contributed by atoms with Crippen LogP contribution in [0.25, 0.3) is 0 Å². The summed E-state index contributed by atoms with van der Waals surface area (Å²) in [5.41, 5.74) is -0.802. The third-order valence-corrected chi connectivity index (χ3v) is 6.91. The summed E-state index contributed by atoms with van der Waals surface area (Å²) < 4.78 is 13.8. The zero-order valence-electron chi connectivity index (χ0n) is 20.3. The van der Waals surface area contributed by atoms with Crippen LogP contribution >= 0.6 is 0 Å². The van der Waals surface area contributed by atoms with Crippen LogP contribution in [0.5, 0.6) is 0 Å². The summed E-state index contributed by atoms with van der Waals surface area (Å²) in [4.78, 5) is 54.8. The van der Waals surface area contributed by atoms with E-state index in [1.54, 1.807) is 19.9 Å². The molecule has 4 atom stereocenters. The topological polar surface area (TPSA) is 128 Å². The molecule has 0 unspecified atom stereocenters. The number of amides is 4. The maximum atomic E-state index is 13.8. The van der Waals surface area contributed by atoms with E-state index in [0.29, 0.717) is 44.2 Å². The minimum atomic E-state index is -1.33. The Bertz CT molecular complexity index is 958. The van der Waals surface area contributed by atoms with Crippen molar-refractivity contribution in [2.75, 3.05) is 13.2 Å². The molecule has 2 saturated heterocycles. The van der Waals surface area contributed by atoms with Gasteiger partial charge in [0.05, 0.1) is 0 Å². The lowest BCUT2D eigenvalue weighted by atomic mass is 9.94. The molecule has 10 heteroatoms. The van der Waals surface area contributed by atoms with Crippen LogP contribution in [0, 0.1) is 5.82 Å². The molecule has 1 aromatic carbocycles. The first-order valence-corrected chi connectivity index (χ1v) is 12.3. The summed E-state index contributed by atoms with van der Waals surface area (Å²) in [5.74, 6) is -2.31. The number of unbranched alkanes of at least 4 members (excludes halogenated alkanes) is 1. The van der Waals surface area contributed by atoms with Crippen LogP contribution < -0.4 is 16.0 Å². The van der Waals surface area contributed by atoms with E-state index in [4.69, 9.17) is 5.11 Å². The molecule has 0 saturated carbocycles. The molecule has 0 aromatic heterocycles. The molecule has 2 aliphatic heterocycles. The maximum Gasteiger partial charge on any atom is 0.246 e. The first-order chi connectivity index (χ1) is 16.7. The lowest BCUT2D eigenvalue weighted by molar-refractivity contribution is -0.144. The summed E-state index contributed by atoms with van der Waals surface area (Å²) in [6.45, 7) is 3.62. The molecule has 4 amide bonds. The molecule has 0 bridgehead atoms. The van der Waals surface area contributed by atoms with Crippen molar-refractivity contribution in [2.45, 2.75) is 82.5 Å². The molecule has 2 fully saturated rings. The van der Waals surface area contributed by atoms with E-state index in [0.717, 1.165) is 0 Å². The van der Waals surface area contributed by atoms with E-state index in [2.05, 4.69) is 16.0 Å². The SMILES string of the molecule is CC[C@]1(C)NC(=O)[C@H](CCCCO)NC(=O)[C@H]2CCCN2C(=O)[C@H](Cc2cccc(F)c2)NC1=O. The van der Waals surface area contributed by atoms with Crippen molar-refractivity contribution >= 4 is 23.6 Å². The van der Waals surface area contributed by atoms with Crippen molar-refractivity contribution in [2.24, 2.45) is 0 Å². The van der Waals surface area contributed by atoms with Gasteiger partial charge in [-0.05, 0) is 63.1 Å². The number of carbonyl (C=O) groups is 4. The second kappa shape index (κ2) is 11.6. The second-order valence-electron chi connectivity index (χ2n) is 9.51. The van der Waals surface area contributed by atoms with Crippen molar-refractivity contribution in [3.8, 4) is 0 Å². The average molecular weight is 491 g/mol. The van der Waals surface area contributed by atoms with Crippen molar-refractivity contribution in [3.05, 3.63) is 35.6 Å². The molecule has 0 aliphatic carbocycles. The number of nitrogens with zero attached hydrogens (tertiary/aromatic N) is 1. The van der Waals surface area contributed by atoms with E-state index < -0.39 is 53.1 Å². The lowest BCUT2D eigenvalue weighted by Gasteiger charge is -2.35. The molecule has 192 valence electrons. The predicted molar refractivity (Wildman–Crippen MR) is 126 cm³/mol. The minimum Gasteiger partial charge on any atom is -0.396 e. The molecule has 4 N–H and O–H groups in total. The number of benzene rings is 1. The third kappa shape index (κ3) is 6.36. The average Bonchev–Trinajstić information content (AvgIpc) is 3.32. The van der Waals surface area contributed by atoms with E-state index in [9.17, 15) is 23.6 Å². The van der Waals surface area contributed by atoms with E-state index in [-0.39, 0.29) is 19.4 Å². The van der Waals surface area contributed by atoms with Crippen LogP contribution in [0.4, 0.5) is 4.39 Å². The number of aliphatic hydroxyl groups is 1. The van der Waals surface area contributed by atoms with Crippen LogP contribution in [0.3, 0.4) is 0 Å². The fourth-order valence-electron chi connectivity index (χ4n) is 4.58. The summed E-state index contributed by atoms with van der Waals surface area (Å²) in [7, 11) is 0. The molecule has 35 heavy (non-hydrogen) atoms. The number of hydrogen-bond acceptors (Lipinski definition) is 5. The van der Waals surface area contributed by atoms with E-state index in [1.807, 2.05) is 0 Å². The van der Waals surface area contributed by atoms with Gasteiger partial charge in [0.25, 0.3) is 0 Å². The van der Waals surface area contributed by atoms with Crippen LogP contribution in [0.1, 0.15) is 57.9 Å². The number of fused-ring (bicyclic) bond motifs is 1. The molecular formula is C25H35FN4O5. The standard InChI is InChI=1S/C25H35FN4O5/c1-3-25(2)24(35)28-19(15-16-8-6-9-17(26)14-16)23(34)30-12-7-11-20(30)22(33)27-18(21(32)29-25)10-4-5-13-31/h6,8-9,14,18-20,31H,3-5,7,10-13,15H2,1-2H3,(H,27,33)(H,28,35)(H,29,32)/t18-,19-,20+,25-/m0/s1. The normalized spacial score (nSPS) is 27.9. The Labute approximate surface area is 204 Å². The first-order valence-electron chi connectivity index (χ1n) is 12.3. The highest BCUT2D eigenvalue weighted by Crippen LogP contribution is 2.22. The fourth-order valence-corrected chi connectivity index (χ4v) is 4.58. The monoisotopic (exact) mass is 490 g/mol. The quantitative estimate of drug-likeness (QED) is 0.420. The lowest BCUT2D eigenvalue weighted by Crippen LogP contribution is -2.65. The molecule has 2 heterocycles. The van der Waals surface area contributed by atoms with Crippen LogP contribution in [-0.2, 0) is 25.6 Å². The van der Waals surface area contributed by atoms with Gasteiger partial charge in [0.15, 0.2) is 0 Å². The molecule has 3 rings (SSSR count). The second-order valence-corrected chi connectivity index (χ2v) is 9.51. The summed E-state index contributed by atoms with van der Waals surface area (Å²) >= 11 is 0. The van der Waals surface area contributed by atoms with Gasteiger partial charge in [0, 0.05) is 19.6 Å². The Kier molecular flexibility index (Phi) is 8.82. The number of nitrogens with one attached hydrogen (secondary N) is 3. The summed E-state index contributed by atoms with van der Waals surface area (Å²) in [5, 5.41) is 17.4. The molecule has 0 radical (unpaired) electrons. The molecule has 9 nitrogen and oxygen atoms in total. The minimum absolute atomic E-state index is 0.0328. The van der Waals surface area contributed by atoms with Crippen molar-refractivity contribution in [1.82, 2.24) is 20.9 Å². The zero-order valence-corrected chi connectivity index (χ0v) is 20.3. The highest BCUT2D eigenvalue weighted by atomic mass is 19.1. The van der Waals surface area contributed by atoms with E-state index in [1.165, 1.54) is 23.1 Å². The first kappa shape index (κ1) is 26.6. The van der Waals surface area contributed by atoms with Crippen LogP contribution in [0.2, 0.25) is 0 Å². The highest BCUT2D eigenvalue weighted by molar-refractivity contribution is 5.99. The van der Waals surface area contributed by atoms with Crippen molar-refractivity contribution < 1.29 is 28.7 Å². The number of carbonyl (C=O) groups excluding carboxylic acids is 4. The number of aliphatic hydroxyl groups excluding tert-OH is 1. The summed E-state index contributed by atoms with van der Waals surface area (Å²) in [6, 6.07) is 3.12. The van der Waals surface area contributed by atoms with Gasteiger partial charge in [-0.15, -0.1) is 0 Å². The fraction of sp³-hybridized carbons (Fsp3) is 0.600. The van der Waals surface area contributed by atoms with Gasteiger partial charge in [-0.3, -0.25) is 19.2 Å². The van der Waals surface area contributed by atoms with Gasteiger partial charge >= 0.3 is 0 Å².